The van der Waals surface area contributed by atoms with Crippen LogP contribution in [0.25, 0.3) is 10.2 Å². The molecule has 0 saturated heterocycles. The van der Waals surface area contributed by atoms with Crippen LogP contribution in [0.1, 0.15) is 39.5 Å². The van der Waals surface area contributed by atoms with Crippen LogP contribution in [0, 0.1) is 6.92 Å². The Morgan fingerprint density at radius 3 is 2.80 bits per heavy atom. The number of fused-ring (bicyclic) bond motifs is 1. The van der Waals surface area contributed by atoms with Crippen LogP contribution in [0.3, 0.4) is 0 Å². The van der Waals surface area contributed by atoms with Gasteiger partial charge in [0.15, 0.2) is 5.78 Å². The molecule has 0 aliphatic rings. The Labute approximate surface area is 186 Å². The van der Waals surface area contributed by atoms with Crippen LogP contribution < -0.4 is 5.32 Å². The van der Waals surface area contributed by atoms with Gasteiger partial charge in [-0.1, -0.05) is 23.7 Å². The highest BCUT2D eigenvalue weighted by atomic mass is 35.5. The second-order valence-corrected chi connectivity index (χ2v) is 9.26. The van der Waals surface area contributed by atoms with Crippen molar-refractivity contribution in [1.29, 1.82) is 0 Å². The van der Waals surface area contributed by atoms with Gasteiger partial charge in [0.2, 0.25) is 5.91 Å². The molecule has 1 atom stereocenters. The first-order chi connectivity index (χ1) is 14.4. The van der Waals surface area contributed by atoms with Gasteiger partial charge >= 0.3 is 0 Å². The largest absolute Gasteiger partial charge is 0.326 e. The number of amides is 1. The number of halogens is 1. The number of Topliss-reactive ketones (excluding diaryl/α,β-unsaturated/α-hetero) is 1. The van der Waals surface area contributed by atoms with E-state index in [0.717, 1.165) is 26.4 Å². The minimum atomic E-state index is -0.340. The first-order valence-corrected chi connectivity index (χ1v) is 11.4. The normalized spacial score (nSPS) is 12.1. The summed E-state index contributed by atoms with van der Waals surface area (Å²) in [6, 6.07) is 11.1. The number of carbonyl (C=O) groups is 2. The van der Waals surface area contributed by atoms with E-state index in [0.29, 0.717) is 16.4 Å². The molecule has 30 heavy (non-hydrogen) atoms. The van der Waals surface area contributed by atoms with E-state index in [4.69, 9.17) is 11.6 Å². The molecule has 152 valence electrons. The van der Waals surface area contributed by atoms with Gasteiger partial charge in [-0.2, -0.15) is 0 Å². The first-order valence-electron chi connectivity index (χ1n) is 9.28. The summed E-state index contributed by atoms with van der Waals surface area (Å²) >= 11 is 8.90. The van der Waals surface area contributed by atoms with Gasteiger partial charge in [-0.3, -0.25) is 9.59 Å². The Kier molecular flexibility index (Phi) is 5.94. The van der Waals surface area contributed by atoms with Crippen LogP contribution >= 0.6 is 34.3 Å². The first kappa shape index (κ1) is 20.7. The van der Waals surface area contributed by atoms with E-state index in [1.54, 1.807) is 23.0 Å². The number of hydrogen-bond donors (Lipinski definition) is 1. The zero-order valence-corrected chi connectivity index (χ0v) is 18.7. The number of benzene rings is 2. The van der Waals surface area contributed by atoms with Crippen molar-refractivity contribution < 1.29 is 9.59 Å². The maximum absolute atomic E-state index is 12.7. The fourth-order valence-corrected chi connectivity index (χ4v) is 4.98. The highest BCUT2D eigenvalue weighted by molar-refractivity contribution is 7.18. The Bertz CT molecular complexity index is 1230. The van der Waals surface area contributed by atoms with Crippen LogP contribution in [0.2, 0.25) is 5.02 Å². The molecule has 8 heteroatoms. The zero-order valence-electron chi connectivity index (χ0n) is 16.3. The summed E-state index contributed by atoms with van der Waals surface area (Å²) in [6.45, 7) is 3.80. The average molecular weight is 456 g/mol. The second-order valence-electron chi connectivity index (χ2n) is 6.99. The van der Waals surface area contributed by atoms with Crippen LogP contribution in [-0.2, 0) is 11.2 Å². The molecule has 1 amide bonds. The summed E-state index contributed by atoms with van der Waals surface area (Å²) in [5, 5.41) is 6.08. The van der Waals surface area contributed by atoms with Gasteiger partial charge in [-0.05, 0) is 49.2 Å². The lowest BCUT2D eigenvalue weighted by atomic mass is 10.0. The number of nitrogens with one attached hydrogen (secondary N) is 1. The molecule has 0 fully saturated rings. The summed E-state index contributed by atoms with van der Waals surface area (Å²) in [4.78, 5) is 33.8. The third kappa shape index (κ3) is 4.43. The fourth-order valence-electron chi connectivity index (χ4n) is 3.15. The van der Waals surface area contributed by atoms with Crippen molar-refractivity contribution in [2.24, 2.45) is 0 Å². The number of thiazole rings is 2. The van der Waals surface area contributed by atoms with Crippen molar-refractivity contribution in [2.45, 2.75) is 26.2 Å². The molecule has 5 nitrogen and oxygen atoms in total. The van der Waals surface area contributed by atoms with E-state index in [9.17, 15) is 9.59 Å². The molecule has 0 radical (unpaired) electrons. The highest BCUT2D eigenvalue weighted by Crippen LogP contribution is 2.30. The van der Waals surface area contributed by atoms with Gasteiger partial charge in [0, 0.05) is 16.1 Å². The van der Waals surface area contributed by atoms with Crippen LogP contribution in [0.15, 0.2) is 47.3 Å². The number of hydrogen-bond acceptors (Lipinski definition) is 6. The van der Waals surface area contributed by atoms with E-state index in [1.165, 1.54) is 22.7 Å². The molecule has 1 N–H and O–H groups in total. The third-order valence-corrected chi connectivity index (χ3v) is 6.59. The SMILES string of the molecule is Cc1cc(NC(=O)C(C)c2cccc(Cl)c2)cc2sc(CC(=O)c3cscn3)nc12. The quantitative estimate of drug-likeness (QED) is 0.368. The average Bonchev–Trinajstić information content (AvgIpc) is 3.37. The number of aromatic nitrogens is 2. The maximum Gasteiger partial charge on any atom is 0.231 e. The molecule has 2 aromatic heterocycles. The molecule has 0 spiro atoms. The van der Waals surface area contributed by atoms with Gasteiger partial charge in [-0.25, -0.2) is 9.97 Å². The molecule has 2 heterocycles. The number of carbonyl (C=O) groups excluding carboxylic acids is 2. The fraction of sp³-hybridized carbons (Fsp3) is 0.182. The molecule has 4 aromatic rings. The van der Waals surface area contributed by atoms with Crippen molar-refractivity contribution in [1.82, 2.24) is 9.97 Å². The predicted molar refractivity (Wildman–Crippen MR) is 123 cm³/mol. The number of rotatable bonds is 6. The lowest BCUT2D eigenvalue weighted by molar-refractivity contribution is -0.117. The van der Waals surface area contributed by atoms with Gasteiger partial charge < -0.3 is 5.32 Å². The number of ketones is 1. The summed E-state index contributed by atoms with van der Waals surface area (Å²) in [6.07, 6.45) is 0.218. The summed E-state index contributed by atoms with van der Waals surface area (Å²) in [5.74, 6) is -0.497. The van der Waals surface area contributed by atoms with Gasteiger partial charge in [0.25, 0.3) is 0 Å². The van der Waals surface area contributed by atoms with Gasteiger partial charge in [-0.15, -0.1) is 22.7 Å². The van der Waals surface area contributed by atoms with E-state index < -0.39 is 0 Å². The van der Waals surface area contributed by atoms with Crippen molar-refractivity contribution >= 4 is 61.9 Å². The van der Waals surface area contributed by atoms with Crippen molar-refractivity contribution in [3.05, 3.63) is 74.1 Å². The highest BCUT2D eigenvalue weighted by Gasteiger charge is 2.18. The van der Waals surface area contributed by atoms with Crippen molar-refractivity contribution in [3.8, 4) is 0 Å². The molecule has 2 aromatic carbocycles. The Morgan fingerprint density at radius 1 is 1.23 bits per heavy atom. The second kappa shape index (κ2) is 8.63. The van der Waals surface area contributed by atoms with Crippen LogP contribution in [0.5, 0.6) is 0 Å². The third-order valence-electron chi connectivity index (χ3n) is 4.77. The van der Waals surface area contributed by atoms with Gasteiger partial charge in [0.05, 0.1) is 28.1 Å². The predicted octanol–water partition coefficient (Wildman–Crippen LogP) is 5.88. The zero-order chi connectivity index (χ0) is 21.3. The van der Waals surface area contributed by atoms with Crippen molar-refractivity contribution in [3.63, 3.8) is 0 Å². The van der Waals surface area contributed by atoms with E-state index in [-0.39, 0.29) is 24.0 Å². The standard InChI is InChI=1S/C22H18ClN3O2S2/c1-12-6-16(25-22(28)13(2)14-4-3-5-15(23)7-14)8-19-21(12)26-20(30-19)9-18(27)17-10-29-11-24-17/h3-8,10-11,13H,9H2,1-2H3,(H,25,28). The smallest absolute Gasteiger partial charge is 0.231 e. The van der Waals surface area contributed by atoms with Gasteiger partial charge in [0.1, 0.15) is 10.7 Å². The van der Waals surface area contributed by atoms with E-state index in [2.05, 4.69) is 15.3 Å². The number of nitrogens with zero attached hydrogens (tertiary/aromatic N) is 2. The van der Waals surface area contributed by atoms with E-state index in [1.807, 2.05) is 38.1 Å². The molecule has 0 aliphatic carbocycles. The topological polar surface area (TPSA) is 72.0 Å². The molecular weight excluding hydrogens is 438 g/mol. The lowest BCUT2D eigenvalue weighted by Gasteiger charge is -2.13. The molecule has 1 unspecified atom stereocenters. The van der Waals surface area contributed by atoms with Crippen LogP contribution in [-0.4, -0.2) is 21.7 Å². The molecular formula is C22H18ClN3O2S2. The minimum Gasteiger partial charge on any atom is -0.326 e. The summed E-state index contributed by atoms with van der Waals surface area (Å²) in [7, 11) is 0. The number of anilines is 1. The van der Waals surface area contributed by atoms with Crippen LogP contribution in [0.4, 0.5) is 5.69 Å². The molecule has 0 bridgehead atoms. The maximum atomic E-state index is 12.7. The van der Waals surface area contributed by atoms with Crippen molar-refractivity contribution in [2.75, 3.05) is 5.32 Å². The monoisotopic (exact) mass is 455 g/mol. The molecule has 4 rings (SSSR count). The Hall–Kier alpha value is -2.61. The Morgan fingerprint density at radius 2 is 2.07 bits per heavy atom. The van der Waals surface area contributed by atoms with E-state index >= 15 is 0 Å². The summed E-state index contributed by atoms with van der Waals surface area (Å²) < 4.78 is 0.932. The molecule has 0 aliphatic heterocycles. The summed E-state index contributed by atoms with van der Waals surface area (Å²) in [5.41, 5.74) is 5.48. The lowest BCUT2D eigenvalue weighted by Crippen LogP contribution is -2.18. The number of aryl methyl sites for hydroxylation is 1. The Balaban J connectivity index is 1.53. The molecule has 0 saturated carbocycles. The minimum absolute atomic E-state index is 0.0446.